The van der Waals surface area contributed by atoms with E-state index in [9.17, 15) is 4.79 Å². The first kappa shape index (κ1) is 16.5. The van der Waals surface area contributed by atoms with E-state index >= 15 is 0 Å². The van der Waals surface area contributed by atoms with Gasteiger partial charge in [-0.15, -0.1) is 5.10 Å². The monoisotopic (exact) mass is 364 g/mol. The van der Waals surface area contributed by atoms with Crippen LogP contribution in [-0.4, -0.2) is 29.6 Å². The highest BCUT2D eigenvalue weighted by Crippen LogP contribution is 2.23. The van der Waals surface area contributed by atoms with Crippen LogP contribution in [0.5, 0.6) is 0 Å². The lowest BCUT2D eigenvalue weighted by atomic mass is 10.1. The largest absolute Gasteiger partial charge is 0.269 e. The van der Waals surface area contributed by atoms with Crippen molar-refractivity contribution in [3.8, 4) is 5.69 Å². The van der Waals surface area contributed by atoms with Crippen molar-refractivity contribution in [1.82, 2.24) is 29.6 Å². The average Bonchev–Trinajstić information content (AvgIpc) is 3.08. The molecule has 0 aliphatic rings. The summed E-state index contributed by atoms with van der Waals surface area (Å²) in [5.41, 5.74) is 4.45. The summed E-state index contributed by atoms with van der Waals surface area (Å²) in [4.78, 5) is 16.7. The van der Waals surface area contributed by atoms with Crippen molar-refractivity contribution < 1.29 is 0 Å². The number of aryl methyl sites for hydroxylation is 2. The Morgan fingerprint density at radius 3 is 2.85 bits per heavy atom. The summed E-state index contributed by atoms with van der Waals surface area (Å²) in [5.74, 6) is 0.506. The van der Waals surface area contributed by atoms with Crippen molar-refractivity contribution in [3.63, 3.8) is 0 Å². The van der Waals surface area contributed by atoms with Gasteiger partial charge < -0.3 is 0 Å². The van der Waals surface area contributed by atoms with Crippen molar-refractivity contribution in [2.24, 2.45) is 0 Å². The number of aromatic nitrogens is 6. The Balaban J connectivity index is 1.62. The van der Waals surface area contributed by atoms with Gasteiger partial charge in [0.25, 0.3) is 5.56 Å². The number of fused-ring (bicyclic) bond motifs is 1. The SMILES string of the molecule is Cc1ccc(-n2nnnc2SCc2cc(=O)n3ccccc3n2)c(C)c1. The molecule has 4 aromatic rings. The van der Waals surface area contributed by atoms with Crippen LogP contribution in [0.25, 0.3) is 11.3 Å². The predicted octanol–water partition coefficient (Wildman–Crippen LogP) is 2.58. The Morgan fingerprint density at radius 2 is 2.00 bits per heavy atom. The van der Waals surface area contributed by atoms with Crippen molar-refractivity contribution in [2.45, 2.75) is 24.8 Å². The summed E-state index contributed by atoms with van der Waals surface area (Å²) in [6.07, 6.45) is 1.71. The lowest BCUT2D eigenvalue weighted by Crippen LogP contribution is -2.14. The van der Waals surface area contributed by atoms with Crippen LogP contribution < -0.4 is 5.56 Å². The van der Waals surface area contributed by atoms with Crippen molar-refractivity contribution >= 4 is 17.4 Å². The smallest absolute Gasteiger partial charge is 0.258 e. The molecule has 7 nitrogen and oxygen atoms in total. The fourth-order valence-corrected chi connectivity index (χ4v) is 3.55. The van der Waals surface area contributed by atoms with Gasteiger partial charge in [-0.2, -0.15) is 4.68 Å². The second kappa shape index (κ2) is 6.72. The van der Waals surface area contributed by atoms with Crippen LogP contribution in [0.4, 0.5) is 0 Å². The molecule has 130 valence electrons. The van der Waals surface area contributed by atoms with Crippen LogP contribution in [0.3, 0.4) is 0 Å². The summed E-state index contributed by atoms with van der Waals surface area (Å²) in [5, 5.41) is 12.7. The second-order valence-corrected chi connectivity index (χ2v) is 6.91. The normalized spacial score (nSPS) is 11.2. The molecule has 0 fully saturated rings. The molecular weight excluding hydrogens is 348 g/mol. The standard InChI is InChI=1S/C18H16N6OS/c1-12-6-7-15(13(2)9-12)24-18(20-21-22-24)26-11-14-10-17(25)23-8-4-3-5-16(23)19-14/h3-10H,11H2,1-2H3. The molecule has 0 saturated carbocycles. The molecule has 8 heteroatoms. The molecule has 0 radical (unpaired) electrons. The molecule has 3 heterocycles. The van der Waals surface area contributed by atoms with Gasteiger partial charge in [0.15, 0.2) is 0 Å². The molecule has 0 N–H and O–H groups in total. The number of hydrogen-bond donors (Lipinski definition) is 0. The molecule has 4 rings (SSSR count). The minimum absolute atomic E-state index is 0.0971. The Labute approximate surface area is 153 Å². The van der Waals surface area contributed by atoms with Gasteiger partial charge in [-0.25, -0.2) is 4.98 Å². The van der Waals surface area contributed by atoms with Gasteiger partial charge in [0.2, 0.25) is 5.16 Å². The number of rotatable bonds is 4. The van der Waals surface area contributed by atoms with Crippen LogP contribution in [0.2, 0.25) is 0 Å². The molecule has 0 atom stereocenters. The van der Waals surface area contributed by atoms with Crippen LogP contribution in [-0.2, 0) is 5.75 Å². The van der Waals surface area contributed by atoms with E-state index in [2.05, 4.69) is 33.5 Å². The zero-order valence-electron chi connectivity index (χ0n) is 14.3. The lowest BCUT2D eigenvalue weighted by molar-refractivity contribution is 0.751. The molecule has 0 unspecified atom stereocenters. The predicted molar refractivity (Wildman–Crippen MR) is 99.7 cm³/mol. The summed E-state index contributed by atoms with van der Waals surface area (Å²) in [7, 11) is 0. The quantitative estimate of drug-likeness (QED) is 0.518. The molecule has 1 aromatic carbocycles. The van der Waals surface area contributed by atoms with Gasteiger partial charge in [-0.1, -0.05) is 35.5 Å². The Hall–Kier alpha value is -3.00. The van der Waals surface area contributed by atoms with Crippen molar-refractivity contribution in [2.75, 3.05) is 0 Å². The van der Waals surface area contributed by atoms with Crippen molar-refractivity contribution in [3.05, 3.63) is 75.8 Å². The van der Waals surface area contributed by atoms with Gasteiger partial charge in [0.1, 0.15) is 5.65 Å². The highest BCUT2D eigenvalue weighted by Gasteiger charge is 2.12. The zero-order chi connectivity index (χ0) is 18.1. The fraction of sp³-hybridized carbons (Fsp3) is 0.167. The van der Waals surface area contributed by atoms with Gasteiger partial charge in [0, 0.05) is 18.0 Å². The number of benzene rings is 1. The maximum Gasteiger partial charge on any atom is 0.258 e. The minimum atomic E-state index is -0.0971. The second-order valence-electron chi connectivity index (χ2n) is 5.97. The average molecular weight is 364 g/mol. The Morgan fingerprint density at radius 1 is 1.12 bits per heavy atom. The van der Waals surface area contributed by atoms with E-state index in [-0.39, 0.29) is 5.56 Å². The van der Waals surface area contributed by atoms with Gasteiger partial charge in [-0.3, -0.25) is 9.20 Å². The number of thioether (sulfide) groups is 1. The van der Waals surface area contributed by atoms with Crippen LogP contribution in [0.15, 0.2) is 58.6 Å². The molecule has 0 spiro atoms. The Bertz CT molecular complexity index is 1150. The van der Waals surface area contributed by atoms with Crippen LogP contribution in [0.1, 0.15) is 16.8 Å². The topological polar surface area (TPSA) is 78.0 Å². The number of hydrogen-bond acceptors (Lipinski definition) is 6. The first-order valence-corrected chi connectivity index (χ1v) is 9.06. The van der Waals surface area contributed by atoms with Gasteiger partial charge >= 0.3 is 0 Å². The summed E-state index contributed by atoms with van der Waals surface area (Å²) < 4.78 is 3.24. The molecule has 0 aliphatic carbocycles. The number of pyridine rings is 1. The van der Waals surface area contributed by atoms with E-state index < -0.39 is 0 Å². The molecular formula is C18H16N6OS. The molecule has 0 aliphatic heterocycles. The third kappa shape index (κ3) is 3.11. The maximum absolute atomic E-state index is 12.2. The Kier molecular flexibility index (Phi) is 4.26. The highest BCUT2D eigenvalue weighted by atomic mass is 32.2. The molecule has 26 heavy (non-hydrogen) atoms. The number of nitrogens with zero attached hydrogens (tertiary/aromatic N) is 6. The van der Waals surface area contributed by atoms with Crippen molar-refractivity contribution in [1.29, 1.82) is 0 Å². The zero-order valence-corrected chi connectivity index (χ0v) is 15.1. The summed E-state index contributed by atoms with van der Waals surface area (Å²) in [6, 6.07) is 13.2. The van der Waals surface area contributed by atoms with E-state index in [0.717, 1.165) is 11.3 Å². The first-order valence-electron chi connectivity index (χ1n) is 8.08. The molecule has 0 saturated heterocycles. The molecule has 3 aromatic heterocycles. The first-order chi connectivity index (χ1) is 12.6. The molecule has 0 bridgehead atoms. The third-order valence-electron chi connectivity index (χ3n) is 3.99. The van der Waals surface area contributed by atoms with E-state index in [1.807, 2.05) is 37.3 Å². The van der Waals surface area contributed by atoms with Crippen LogP contribution in [0, 0.1) is 13.8 Å². The third-order valence-corrected chi connectivity index (χ3v) is 4.95. The maximum atomic E-state index is 12.2. The molecule has 0 amide bonds. The fourth-order valence-electron chi connectivity index (χ4n) is 2.78. The lowest BCUT2D eigenvalue weighted by Gasteiger charge is -2.08. The van der Waals surface area contributed by atoms with E-state index in [4.69, 9.17) is 0 Å². The van der Waals surface area contributed by atoms with E-state index in [1.165, 1.54) is 21.7 Å². The van der Waals surface area contributed by atoms with E-state index in [0.29, 0.717) is 22.3 Å². The van der Waals surface area contributed by atoms with Crippen LogP contribution >= 0.6 is 11.8 Å². The van der Waals surface area contributed by atoms with Gasteiger partial charge in [0.05, 0.1) is 11.4 Å². The van der Waals surface area contributed by atoms with Gasteiger partial charge in [-0.05, 0) is 48.0 Å². The highest BCUT2D eigenvalue weighted by molar-refractivity contribution is 7.98. The summed E-state index contributed by atoms with van der Waals surface area (Å²) in [6.45, 7) is 4.08. The van der Waals surface area contributed by atoms with E-state index in [1.54, 1.807) is 16.9 Å². The summed E-state index contributed by atoms with van der Waals surface area (Å²) >= 11 is 1.45. The minimum Gasteiger partial charge on any atom is -0.269 e. The number of tetrazole rings is 1.